The van der Waals surface area contributed by atoms with Crippen molar-refractivity contribution in [3.05, 3.63) is 17.3 Å². The number of nitrogens with zero attached hydrogens (tertiary/aromatic N) is 3. The molecule has 2 N–H and O–H groups in total. The summed E-state index contributed by atoms with van der Waals surface area (Å²) < 4.78 is 0. The Bertz CT molecular complexity index is 551. The third kappa shape index (κ3) is 2.20. The van der Waals surface area contributed by atoms with Crippen LogP contribution in [0.15, 0.2) is 11.4 Å². The van der Waals surface area contributed by atoms with E-state index in [1.54, 1.807) is 11.3 Å². The first kappa shape index (κ1) is 11.9. The van der Waals surface area contributed by atoms with Gasteiger partial charge in [0.05, 0.1) is 5.39 Å². The van der Waals surface area contributed by atoms with Crippen molar-refractivity contribution in [2.45, 2.75) is 32.2 Å². The van der Waals surface area contributed by atoms with Crippen LogP contribution in [0, 0.1) is 6.92 Å². The molecule has 0 aromatic carbocycles. The van der Waals surface area contributed by atoms with E-state index in [0.717, 1.165) is 48.8 Å². The van der Waals surface area contributed by atoms with Gasteiger partial charge in [-0.3, -0.25) is 0 Å². The predicted molar refractivity (Wildman–Crippen MR) is 76.2 cm³/mol. The van der Waals surface area contributed by atoms with E-state index in [0.29, 0.717) is 6.04 Å². The van der Waals surface area contributed by atoms with Crippen molar-refractivity contribution >= 4 is 27.4 Å². The van der Waals surface area contributed by atoms with E-state index in [2.05, 4.69) is 26.3 Å². The summed E-state index contributed by atoms with van der Waals surface area (Å²) in [6.45, 7) is 4.02. The molecule has 96 valence electrons. The van der Waals surface area contributed by atoms with Gasteiger partial charge >= 0.3 is 0 Å². The Balaban J connectivity index is 1.99. The van der Waals surface area contributed by atoms with Crippen LogP contribution in [0.1, 0.15) is 25.1 Å². The average molecular weight is 262 g/mol. The minimum absolute atomic E-state index is 0.343. The molecule has 0 amide bonds. The van der Waals surface area contributed by atoms with Gasteiger partial charge in [-0.15, -0.1) is 11.3 Å². The quantitative estimate of drug-likeness (QED) is 0.857. The summed E-state index contributed by atoms with van der Waals surface area (Å²) in [5.74, 6) is 1.95. The van der Waals surface area contributed by atoms with Crippen molar-refractivity contribution in [3.63, 3.8) is 0 Å². The van der Waals surface area contributed by atoms with Crippen LogP contribution in [0.4, 0.5) is 5.82 Å². The molecule has 0 radical (unpaired) electrons. The number of nitrogens with two attached hydrogens (primary N) is 1. The standard InChI is InChI=1S/C13H18N4S/c1-9-15-12(11-5-8-18-13(11)16-9)17-6-2-3-10(14)4-7-17/h5,8,10H,2-4,6-7,14H2,1H3. The highest BCUT2D eigenvalue weighted by atomic mass is 32.1. The summed E-state index contributed by atoms with van der Waals surface area (Å²) in [7, 11) is 0. The van der Waals surface area contributed by atoms with Crippen LogP contribution in [-0.2, 0) is 0 Å². The third-order valence-electron chi connectivity index (χ3n) is 3.49. The normalized spacial score (nSPS) is 21.2. The molecule has 2 aromatic rings. The summed E-state index contributed by atoms with van der Waals surface area (Å²) in [4.78, 5) is 12.6. The lowest BCUT2D eigenvalue weighted by atomic mass is 10.1. The molecule has 1 fully saturated rings. The Morgan fingerprint density at radius 1 is 1.33 bits per heavy atom. The third-order valence-corrected chi connectivity index (χ3v) is 4.30. The molecular weight excluding hydrogens is 244 g/mol. The van der Waals surface area contributed by atoms with Crippen molar-refractivity contribution in [1.29, 1.82) is 0 Å². The largest absolute Gasteiger partial charge is 0.356 e. The highest BCUT2D eigenvalue weighted by molar-refractivity contribution is 7.16. The molecule has 2 aromatic heterocycles. The van der Waals surface area contributed by atoms with Gasteiger partial charge < -0.3 is 10.6 Å². The average Bonchev–Trinajstić information content (AvgIpc) is 2.70. The van der Waals surface area contributed by atoms with Gasteiger partial charge in [-0.1, -0.05) is 0 Å². The number of anilines is 1. The van der Waals surface area contributed by atoms with Gasteiger partial charge in [-0.2, -0.15) is 0 Å². The number of rotatable bonds is 1. The second-order valence-electron chi connectivity index (χ2n) is 4.91. The Morgan fingerprint density at radius 3 is 3.11 bits per heavy atom. The molecule has 0 saturated carbocycles. The van der Waals surface area contributed by atoms with Gasteiger partial charge in [0.15, 0.2) is 0 Å². The van der Waals surface area contributed by atoms with Crippen LogP contribution in [0.5, 0.6) is 0 Å². The Labute approximate surface area is 111 Å². The van der Waals surface area contributed by atoms with Gasteiger partial charge in [0.25, 0.3) is 0 Å². The molecular formula is C13H18N4S. The number of hydrogen-bond donors (Lipinski definition) is 1. The van der Waals surface area contributed by atoms with Crippen LogP contribution in [-0.4, -0.2) is 29.1 Å². The summed E-state index contributed by atoms with van der Waals surface area (Å²) in [6.07, 6.45) is 3.32. The van der Waals surface area contributed by atoms with E-state index >= 15 is 0 Å². The van der Waals surface area contributed by atoms with E-state index in [4.69, 9.17) is 5.73 Å². The lowest BCUT2D eigenvalue weighted by Gasteiger charge is -2.22. The van der Waals surface area contributed by atoms with Gasteiger partial charge in [-0.25, -0.2) is 9.97 Å². The molecule has 4 nitrogen and oxygen atoms in total. The molecule has 1 unspecified atom stereocenters. The number of aryl methyl sites for hydroxylation is 1. The summed E-state index contributed by atoms with van der Waals surface area (Å²) in [6, 6.07) is 2.47. The number of aromatic nitrogens is 2. The lowest BCUT2D eigenvalue weighted by Crippen LogP contribution is -2.27. The van der Waals surface area contributed by atoms with Crippen LogP contribution >= 0.6 is 11.3 Å². The molecule has 0 bridgehead atoms. The van der Waals surface area contributed by atoms with Gasteiger partial charge in [0.1, 0.15) is 16.5 Å². The van der Waals surface area contributed by atoms with E-state index in [1.807, 2.05) is 6.92 Å². The highest BCUT2D eigenvalue weighted by Gasteiger charge is 2.18. The molecule has 0 spiro atoms. The monoisotopic (exact) mass is 262 g/mol. The van der Waals surface area contributed by atoms with Gasteiger partial charge in [0, 0.05) is 19.1 Å². The molecule has 1 aliphatic heterocycles. The molecule has 3 heterocycles. The first-order valence-electron chi connectivity index (χ1n) is 6.46. The van der Waals surface area contributed by atoms with Gasteiger partial charge in [0.2, 0.25) is 0 Å². The molecule has 3 rings (SSSR count). The molecule has 0 aliphatic carbocycles. The maximum atomic E-state index is 6.04. The first-order chi connectivity index (χ1) is 8.74. The molecule has 5 heteroatoms. The van der Waals surface area contributed by atoms with E-state index in [9.17, 15) is 0 Å². The first-order valence-corrected chi connectivity index (χ1v) is 7.34. The lowest BCUT2D eigenvalue weighted by molar-refractivity contribution is 0.601. The molecule has 18 heavy (non-hydrogen) atoms. The number of hydrogen-bond acceptors (Lipinski definition) is 5. The van der Waals surface area contributed by atoms with Crippen molar-refractivity contribution in [1.82, 2.24) is 9.97 Å². The van der Waals surface area contributed by atoms with Crippen molar-refractivity contribution in [2.75, 3.05) is 18.0 Å². The minimum atomic E-state index is 0.343. The van der Waals surface area contributed by atoms with Crippen LogP contribution in [0.2, 0.25) is 0 Å². The second kappa shape index (κ2) is 4.82. The Kier molecular flexibility index (Phi) is 3.18. The fourth-order valence-corrected chi connectivity index (χ4v) is 3.32. The van der Waals surface area contributed by atoms with Crippen LogP contribution in [0.3, 0.4) is 0 Å². The SMILES string of the molecule is Cc1nc(N2CCCC(N)CC2)c2ccsc2n1. The Hall–Kier alpha value is -1.20. The Morgan fingerprint density at radius 2 is 2.22 bits per heavy atom. The predicted octanol–water partition coefficient (Wildman–Crippen LogP) is 2.32. The van der Waals surface area contributed by atoms with Crippen LogP contribution < -0.4 is 10.6 Å². The minimum Gasteiger partial charge on any atom is -0.356 e. The zero-order chi connectivity index (χ0) is 12.5. The van der Waals surface area contributed by atoms with Crippen molar-refractivity contribution in [2.24, 2.45) is 5.73 Å². The van der Waals surface area contributed by atoms with E-state index in [-0.39, 0.29) is 0 Å². The topological polar surface area (TPSA) is 55.0 Å². The van der Waals surface area contributed by atoms with Crippen molar-refractivity contribution in [3.8, 4) is 0 Å². The van der Waals surface area contributed by atoms with E-state index < -0.39 is 0 Å². The highest BCUT2D eigenvalue weighted by Crippen LogP contribution is 2.29. The number of thiophene rings is 1. The zero-order valence-electron chi connectivity index (χ0n) is 10.6. The molecule has 1 saturated heterocycles. The zero-order valence-corrected chi connectivity index (χ0v) is 11.4. The molecule has 1 atom stereocenters. The summed E-state index contributed by atoms with van der Waals surface area (Å²) >= 11 is 1.68. The second-order valence-corrected chi connectivity index (χ2v) is 5.81. The number of fused-ring (bicyclic) bond motifs is 1. The van der Waals surface area contributed by atoms with Crippen molar-refractivity contribution < 1.29 is 0 Å². The van der Waals surface area contributed by atoms with E-state index in [1.165, 1.54) is 5.39 Å². The smallest absolute Gasteiger partial charge is 0.141 e. The maximum absolute atomic E-state index is 6.04. The maximum Gasteiger partial charge on any atom is 0.141 e. The van der Waals surface area contributed by atoms with Crippen LogP contribution in [0.25, 0.3) is 10.2 Å². The fourth-order valence-electron chi connectivity index (χ4n) is 2.52. The summed E-state index contributed by atoms with van der Waals surface area (Å²) in [5, 5.41) is 3.27. The van der Waals surface area contributed by atoms with Gasteiger partial charge in [-0.05, 0) is 37.6 Å². The fraction of sp³-hybridized carbons (Fsp3) is 0.538. The molecule has 1 aliphatic rings. The summed E-state index contributed by atoms with van der Waals surface area (Å²) in [5.41, 5.74) is 6.04.